The Morgan fingerprint density at radius 2 is 2.08 bits per heavy atom. The maximum Gasteiger partial charge on any atom is 0.250 e. The molecule has 1 N–H and O–H groups in total. The number of nitrogens with one attached hydrogen (secondary N) is 1. The number of morpholine rings is 1. The summed E-state index contributed by atoms with van der Waals surface area (Å²) in [4.78, 5) is 38.4. The number of amides is 2. The van der Waals surface area contributed by atoms with Crippen molar-refractivity contribution in [2.24, 2.45) is 11.8 Å². The van der Waals surface area contributed by atoms with E-state index in [1.54, 1.807) is 23.2 Å². The Kier molecular flexibility index (Phi) is 4.33. The molecule has 1 saturated carbocycles. The van der Waals surface area contributed by atoms with Crippen molar-refractivity contribution in [1.82, 2.24) is 14.8 Å². The van der Waals surface area contributed by atoms with Crippen molar-refractivity contribution < 1.29 is 14.3 Å². The molecule has 3 unspecified atom stereocenters. The first-order valence-corrected chi connectivity index (χ1v) is 8.96. The molecule has 7 heteroatoms. The van der Waals surface area contributed by atoms with Gasteiger partial charge in [-0.15, -0.1) is 0 Å². The van der Waals surface area contributed by atoms with Gasteiger partial charge in [-0.3, -0.25) is 14.4 Å². The monoisotopic (exact) mass is 345 g/mol. The standard InChI is InChI=1S/C18H23N3O4/c22-16-3-1-2-6-20(16)11-17(23)21-9-13-7-14(15(10-21)25-13)18(24)19-8-12-4-5-12/h1-3,6,12-15H,4-5,7-11H2,(H,19,24). The molecule has 2 aliphatic heterocycles. The molecular weight excluding hydrogens is 322 g/mol. The third-order valence-electron chi connectivity index (χ3n) is 5.31. The molecule has 1 aromatic rings. The lowest BCUT2D eigenvalue weighted by atomic mass is 9.99. The van der Waals surface area contributed by atoms with Crippen molar-refractivity contribution >= 4 is 11.8 Å². The first-order chi connectivity index (χ1) is 12.1. The lowest BCUT2D eigenvalue weighted by Gasteiger charge is -2.33. The summed E-state index contributed by atoms with van der Waals surface area (Å²) >= 11 is 0. The van der Waals surface area contributed by atoms with Crippen molar-refractivity contribution in [3.63, 3.8) is 0 Å². The zero-order chi connectivity index (χ0) is 17.4. The first-order valence-electron chi connectivity index (χ1n) is 8.96. The third kappa shape index (κ3) is 3.61. The number of carbonyl (C=O) groups excluding carboxylic acids is 2. The molecule has 1 aromatic heterocycles. The Labute approximate surface area is 145 Å². The number of nitrogens with zero attached hydrogens (tertiary/aromatic N) is 2. The zero-order valence-corrected chi connectivity index (χ0v) is 14.1. The summed E-state index contributed by atoms with van der Waals surface area (Å²) in [6.45, 7) is 1.69. The number of carbonyl (C=O) groups is 2. The molecule has 2 amide bonds. The molecule has 4 rings (SSSR count). The van der Waals surface area contributed by atoms with E-state index in [0.717, 1.165) is 6.54 Å². The Morgan fingerprint density at radius 3 is 2.84 bits per heavy atom. The van der Waals surface area contributed by atoms with E-state index in [0.29, 0.717) is 25.4 Å². The lowest BCUT2D eigenvalue weighted by Crippen LogP contribution is -2.49. The number of ether oxygens (including phenoxy) is 1. The second-order valence-corrected chi connectivity index (χ2v) is 7.29. The second-order valence-electron chi connectivity index (χ2n) is 7.29. The quantitative estimate of drug-likeness (QED) is 0.814. The molecule has 1 aliphatic carbocycles. The van der Waals surface area contributed by atoms with Crippen LogP contribution in [0.5, 0.6) is 0 Å². The SMILES string of the molecule is O=C(NCC1CC1)C1CC2CN(C(=O)Cn3ccccc3=O)CC1O2. The highest BCUT2D eigenvalue weighted by atomic mass is 16.5. The molecule has 0 spiro atoms. The van der Waals surface area contributed by atoms with E-state index >= 15 is 0 Å². The number of hydrogen-bond acceptors (Lipinski definition) is 4. The van der Waals surface area contributed by atoms with Gasteiger partial charge in [-0.25, -0.2) is 0 Å². The van der Waals surface area contributed by atoms with Crippen molar-refractivity contribution in [3.8, 4) is 0 Å². The van der Waals surface area contributed by atoms with E-state index in [4.69, 9.17) is 4.74 Å². The van der Waals surface area contributed by atoms with Crippen LogP contribution in [0.2, 0.25) is 0 Å². The van der Waals surface area contributed by atoms with E-state index in [-0.39, 0.29) is 42.0 Å². The average molecular weight is 345 g/mol. The number of fused-ring (bicyclic) bond motifs is 2. The predicted molar refractivity (Wildman–Crippen MR) is 89.8 cm³/mol. The molecule has 3 heterocycles. The van der Waals surface area contributed by atoms with E-state index < -0.39 is 0 Å². The van der Waals surface area contributed by atoms with Gasteiger partial charge in [-0.2, -0.15) is 0 Å². The van der Waals surface area contributed by atoms with Crippen LogP contribution in [0.3, 0.4) is 0 Å². The fraction of sp³-hybridized carbons (Fsp3) is 0.611. The highest BCUT2D eigenvalue weighted by molar-refractivity contribution is 5.80. The summed E-state index contributed by atoms with van der Waals surface area (Å²) in [5.74, 6) is 0.410. The number of hydrogen-bond donors (Lipinski definition) is 1. The Balaban J connectivity index is 1.36. The molecule has 3 fully saturated rings. The van der Waals surface area contributed by atoms with Crippen LogP contribution >= 0.6 is 0 Å². The van der Waals surface area contributed by atoms with Gasteiger partial charge < -0.3 is 19.5 Å². The van der Waals surface area contributed by atoms with Gasteiger partial charge in [0.25, 0.3) is 5.56 Å². The fourth-order valence-corrected chi connectivity index (χ4v) is 3.67. The molecule has 2 saturated heterocycles. The van der Waals surface area contributed by atoms with Crippen LogP contribution in [-0.4, -0.2) is 53.1 Å². The van der Waals surface area contributed by atoms with Crippen molar-refractivity contribution in [1.29, 1.82) is 0 Å². The molecule has 134 valence electrons. The second kappa shape index (κ2) is 6.63. The van der Waals surface area contributed by atoms with Gasteiger partial charge >= 0.3 is 0 Å². The topological polar surface area (TPSA) is 80.6 Å². The minimum absolute atomic E-state index is 0.0255. The number of likely N-dealkylation sites (tertiary alicyclic amines) is 1. The van der Waals surface area contributed by atoms with Crippen molar-refractivity contribution in [3.05, 3.63) is 34.7 Å². The van der Waals surface area contributed by atoms with Crippen LogP contribution < -0.4 is 10.9 Å². The molecule has 7 nitrogen and oxygen atoms in total. The third-order valence-corrected chi connectivity index (χ3v) is 5.31. The van der Waals surface area contributed by atoms with Crippen LogP contribution in [0.4, 0.5) is 0 Å². The van der Waals surface area contributed by atoms with Crippen LogP contribution in [0.1, 0.15) is 19.3 Å². The summed E-state index contributed by atoms with van der Waals surface area (Å²) in [6, 6.07) is 4.83. The van der Waals surface area contributed by atoms with Gasteiger partial charge in [0, 0.05) is 31.9 Å². The molecule has 3 aliphatic rings. The van der Waals surface area contributed by atoms with Crippen LogP contribution in [0.25, 0.3) is 0 Å². The molecule has 0 aromatic carbocycles. The largest absolute Gasteiger partial charge is 0.370 e. The summed E-state index contributed by atoms with van der Waals surface area (Å²) in [7, 11) is 0. The Bertz CT molecular complexity index is 727. The summed E-state index contributed by atoms with van der Waals surface area (Å²) < 4.78 is 7.29. The molecular formula is C18H23N3O4. The minimum Gasteiger partial charge on any atom is -0.370 e. The summed E-state index contributed by atoms with van der Waals surface area (Å²) in [6.07, 6.45) is 4.35. The van der Waals surface area contributed by atoms with Gasteiger partial charge in [0.2, 0.25) is 11.8 Å². The van der Waals surface area contributed by atoms with E-state index in [1.165, 1.54) is 23.5 Å². The first kappa shape index (κ1) is 16.3. The highest BCUT2D eigenvalue weighted by Gasteiger charge is 2.45. The number of aromatic nitrogens is 1. The zero-order valence-electron chi connectivity index (χ0n) is 14.1. The van der Waals surface area contributed by atoms with Crippen LogP contribution in [-0.2, 0) is 20.9 Å². The fourth-order valence-electron chi connectivity index (χ4n) is 3.67. The lowest BCUT2D eigenvalue weighted by molar-refractivity contribution is -0.143. The normalized spacial score (nSPS) is 28.0. The summed E-state index contributed by atoms with van der Waals surface area (Å²) in [5, 5.41) is 3.02. The van der Waals surface area contributed by atoms with Crippen molar-refractivity contribution in [2.75, 3.05) is 19.6 Å². The maximum atomic E-state index is 12.5. The maximum absolute atomic E-state index is 12.5. The number of rotatable bonds is 5. The summed E-state index contributed by atoms with van der Waals surface area (Å²) in [5.41, 5.74) is -0.190. The molecule has 0 radical (unpaired) electrons. The van der Waals surface area contributed by atoms with Gasteiger partial charge in [0.1, 0.15) is 6.54 Å². The van der Waals surface area contributed by atoms with Gasteiger partial charge in [0.15, 0.2) is 0 Å². The van der Waals surface area contributed by atoms with Crippen LogP contribution in [0.15, 0.2) is 29.2 Å². The number of pyridine rings is 1. The molecule has 25 heavy (non-hydrogen) atoms. The Morgan fingerprint density at radius 1 is 1.24 bits per heavy atom. The van der Waals surface area contributed by atoms with E-state index in [2.05, 4.69) is 5.32 Å². The van der Waals surface area contributed by atoms with E-state index in [9.17, 15) is 14.4 Å². The van der Waals surface area contributed by atoms with Crippen LogP contribution in [0, 0.1) is 11.8 Å². The van der Waals surface area contributed by atoms with Crippen molar-refractivity contribution in [2.45, 2.75) is 38.0 Å². The Hall–Kier alpha value is -2.15. The van der Waals surface area contributed by atoms with Gasteiger partial charge in [-0.05, 0) is 31.2 Å². The highest BCUT2D eigenvalue weighted by Crippen LogP contribution is 2.33. The van der Waals surface area contributed by atoms with E-state index in [1.807, 2.05) is 0 Å². The average Bonchev–Trinajstić information content (AvgIpc) is 3.39. The minimum atomic E-state index is -0.241. The predicted octanol–water partition coefficient (Wildman–Crippen LogP) is -0.00960. The van der Waals surface area contributed by atoms with Gasteiger partial charge in [-0.1, -0.05) is 6.07 Å². The van der Waals surface area contributed by atoms with Gasteiger partial charge in [0.05, 0.1) is 18.1 Å². The molecule has 2 bridgehead atoms. The smallest absolute Gasteiger partial charge is 0.250 e. The molecule has 3 atom stereocenters.